The predicted molar refractivity (Wildman–Crippen MR) is 82.9 cm³/mol. The Bertz CT molecular complexity index is 510. The van der Waals surface area contributed by atoms with Gasteiger partial charge in [-0.2, -0.15) is 5.26 Å². The Morgan fingerprint density at radius 1 is 1.33 bits per heavy atom. The van der Waals surface area contributed by atoms with Gasteiger partial charge in [-0.3, -0.25) is 4.79 Å². The summed E-state index contributed by atoms with van der Waals surface area (Å²) in [5, 5.41) is 20.5. The normalized spacial score (nSPS) is 21.5. The number of phenols is 1. The molecule has 0 saturated heterocycles. The summed E-state index contributed by atoms with van der Waals surface area (Å²) in [6.07, 6.45) is 4.24. The van der Waals surface area contributed by atoms with Gasteiger partial charge in [-0.1, -0.05) is 12.8 Å². The van der Waals surface area contributed by atoms with Gasteiger partial charge in [-0.15, -0.1) is 11.8 Å². The standard InChI is InChI=1S/C16H20N2O2S/c17-9-10-18-16(20)15-4-2-1-3-12(15)11-21-14-7-5-13(19)6-8-14/h5-8,12,15,19H,1-4,10-11H2,(H,18,20). The number of hydrogen-bond donors (Lipinski definition) is 2. The molecule has 0 spiro atoms. The van der Waals surface area contributed by atoms with E-state index in [0.717, 1.165) is 29.9 Å². The lowest BCUT2D eigenvalue weighted by atomic mass is 9.80. The molecule has 1 aromatic carbocycles. The lowest BCUT2D eigenvalue weighted by molar-refractivity contribution is -0.127. The van der Waals surface area contributed by atoms with Crippen LogP contribution in [0.3, 0.4) is 0 Å². The summed E-state index contributed by atoms with van der Waals surface area (Å²) >= 11 is 1.72. The molecule has 1 amide bonds. The Hall–Kier alpha value is -1.67. The third-order valence-electron chi connectivity index (χ3n) is 3.89. The van der Waals surface area contributed by atoms with Crippen molar-refractivity contribution in [3.05, 3.63) is 24.3 Å². The Morgan fingerprint density at radius 2 is 2.05 bits per heavy atom. The van der Waals surface area contributed by atoms with Gasteiger partial charge >= 0.3 is 0 Å². The van der Waals surface area contributed by atoms with Gasteiger partial charge in [0.15, 0.2) is 0 Å². The molecule has 1 aliphatic carbocycles. The van der Waals surface area contributed by atoms with Crippen LogP contribution >= 0.6 is 11.8 Å². The van der Waals surface area contributed by atoms with Crippen molar-refractivity contribution in [3.63, 3.8) is 0 Å². The first-order valence-corrected chi connectivity index (χ1v) is 8.25. The van der Waals surface area contributed by atoms with E-state index in [1.54, 1.807) is 23.9 Å². The van der Waals surface area contributed by atoms with Crippen molar-refractivity contribution in [2.24, 2.45) is 11.8 Å². The van der Waals surface area contributed by atoms with Crippen LogP contribution in [0.15, 0.2) is 29.2 Å². The lowest BCUT2D eigenvalue weighted by Crippen LogP contribution is -2.37. The van der Waals surface area contributed by atoms with Crippen LogP contribution in [0, 0.1) is 23.2 Å². The highest BCUT2D eigenvalue weighted by Gasteiger charge is 2.30. The van der Waals surface area contributed by atoms with E-state index in [0.29, 0.717) is 5.92 Å². The van der Waals surface area contributed by atoms with Crippen LogP contribution in [0.2, 0.25) is 0 Å². The largest absolute Gasteiger partial charge is 0.508 e. The fourth-order valence-corrected chi connectivity index (χ4v) is 3.89. The Morgan fingerprint density at radius 3 is 2.76 bits per heavy atom. The average molecular weight is 304 g/mol. The molecule has 112 valence electrons. The Kier molecular flexibility index (Phi) is 5.94. The summed E-state index contributed by atoms with van der Waals surface area (Å²) in [4.78, 5) is 13.2. The van der Waals surface area contributed by atoms with E-state index in [4.69, 9.17) is 5.26 Å². The summed E-state index contributed by atoms with van der Waals surface area (Å²) in [5.74, 6) is 1.57. The van der Waals surface area contributed by atoms with Crippen molar-refractivity contribution in [1.82, 2.24) is 5.32 Å². The van der Waals surface area contributed by atoms with E-state index in [-0.39, 0.29) is 24.1 Å². The van der Waals surface area contributed by atoms with Crippen molar-refractivity contribution >= 4 is 17.7 Å². The zero-order valence-corrected chi connectivity index (χ0v) is 12.7. The zero-order chi connectivity index (χ0) is 15.1. The molecule has 0 aromatic heterocycles. The van der Waals surface area contributed by atoms with Crippen LogP contribution in [0.4, 0.5) is 0 Å². The van der Waals surface area contributed by atoms with Gasteiger partial charge in [0.1, 0.15) is 12.3 Å². The second-order valence-corrected chi connectivity index (χ2v) is 6.43. The number of thioether (sulfide) groups is 1. The minimum absolute atomic E-state index is 0.0209. The molecule has 0 radical (unpaired) electrons. The van der Waals surface area contributed by atoms with Gasteiger partial charge in [-0.05, 0) is 43.0 Å². The molecule has 0 bridgehead atoms. The van der Waals surface area contributed by atoms with Gasteiger partial charge < -0.3 is 10.4 Å². The predicted octanol–water partition coefficient (Wildman–Crippen LogP) is 2.93. The van der Waals surface area contributed by atoms with Crippen LogP contribution in [-0.2, 0) is 4.79 Å². The minimum Gasteiger partial charge on any atom is -0.508 e. The van der Waals surface area contributed by atoms with E-state index >= 15 is 0 Å². The monoisotopic (exact) mass is 304 g/mol. The summed E-state index contributed by atoms with van der Waals surface area (Å²) in [6, 6.07) is 9.11. The van der Waals surface area contributed by atoms with Crippen molar-refractivity contribution in [2.45, 2.75) is 30.6 Å². The fourth-order valence-electron chi connectivity index (χ4n) is 2.76. The van der Waals surface area contributed by atoms with Gasteiger partial charge in [0.25, 0.3) is 0 Å². The number of nitriles is 1. The number of rotatable bonds is 5. The van der Waals surface area contributed by atoms with Crippen molar-refractivity contribution < 1.29 is 9.90 Å². The number of amides is 1. The Balaban J connectivity index is 1.91. The summed E-state index contributed by atoms with van der Waals surface area (Å²) in [7, 11) is 0. The van der Waals surface area contributed by atoms with Crippen molar-refractivity contribution in [2.75, 3.05) is 12.3 Å². The number of carbonyl (C=O) groups is 1. The zero-order valence-electron chi connectivity index (χ0n) is 11.9. The quantitative estimate of drug-likeness (QED) is 0.648. The van der Waals surface area contributed by atoms with E-state index in [1.807, 2.05) is 18.2 Å². The number of carbonyl (C=O) groups excluding carboxylic acids is 1. The van der Waals surface area contributed by atoms with Crippen LogP contribution in [-0.4, -0.2) is 23.3 Å². The lowest BCUT2D eigenvalue weighted by Gasteiger charge is -2.30. The van der Waals surface area contributed by atoms with E-state index in [2.05, 4.69) is 5.32 Å². The molecule has 0 aliphatic heterocycles. The first-order valence-electron chi connectivity index (χ1n) is 7.27. The molecule has 2 atom stereocenters. The maximum absolute atomic E-state index is 12.1. The first-order chi connectivity index (χ1) is 10.2. The van der Waals surface area contributed by atoms with Gasteiger partial charge in [0.05, 0.1) is 6.07 Å². The molecule has 21 heavy (non-hydrogen) atoms. The van der Waals surface area contributed by atoms with Gasteiger partial charge in [0, 0.05) is 16.6 Å². The summed E-state index contributed by atoms with van der Waals surface area (Å²) < 4.78 is 0. The maximum atomic E-state index is 12.1. The summed E-state index contributed by atoms with van der Waals surface area (Å²) in [6.45, 7) is 0.0904. The molecule has 4 nitrogen and oxygen atoms in total. The van der Waals surface area contributed by atoms with E-state index < -0.39 is 0 Å². The van der Waals surface area contributed by atoms with Gasteiger partial charge in [0.2, 0.25) is 5.91 Å². The highest BCUT2D eigenvalue weighted by Crippen LogP contribution is 2.34. The molecule has 1 aromatic rings. The number of hydrogen-bond acceptors (Lipinski definition) is 4. The van der Waals surface area contributed by atoms with Crippen LogP contribution in [0.5, 0.6) is 5.75 Å². The minimum atomic E-state index is 0.0209. The number of nitrogens with zero attached hydrogens (tertiary/aromatic N) is 1. The molecule has 2 rings (SSSR count). The highest BCUT2D eigenvalue weighted by atomic mass is 32.2. The summed E-state index contributed by atoms with van der Waals surface area (Å²) in [5.41, 5.74) is 0. The third kappa shape index (κ3) is 4.68. The number of benzene rings is 1. The molecular formula is C16H20N2O2S. The molecular weight excluding hydrogens is 284 g/mol. The average Bonchev–Trinajstić information content (AvgIpc) is 2.52. The second-order valence-electron chi connectivity index (χ2n) is 5.33. The van der Waals surface area contributed by atoms with E-state index in [9.17, 15) is 9.90 Å². The first kappa shape index (κ1) is 15.7. The third-order valence-corrected chi connectivity index (χ3v) is 5.09. The molecule has 5 heteroatoms. The van der Waals surface area contributed by atoms with Crippen LogP contribution < -0.4 is 5.32 Å². The van der Waals surface area contributed by atoms with Crippen LogP contribution in [0.1, 0.15) is 25.7 Å². The van der Waals surface area contributed by atoms with Crippen molar-refractivity contribution in [3.8, 4) is 11.8 Å². The van der Waals surface area contributed by atoms with Crippen molar-refractivity contribution in [1.29, 1.82) is 5.26 Å². The second kappa shape index (κ2) is 7.94. The number of nitrogens with one attached hydrogen (secondary N) is 1. The number of phenolic OH excluding ortho intramolecular Hbond substituents is 1. The maximum Gasteiger partial charge on any atom is 0.224 e. The molecule has 2 unspecified atom stereocenters. The van der Waals surface area contributed by atoms with Gasteiger partial charge in [-0.25, -0.2) is 0 Å². The topological polar surface area (TPSA) is 73.1 Å². The van der Waals surface area contributed by atoms with Crippen LogP contribution in [0.25, 0.3) is 0 Å². The molecule has 1 saturated carbocycles. The van der Waals surface area contributed by atoms with E-state index in [1.165, 1.54) is 6.42 Å². The molecule has 1 fully saturated rings. The fraction of sp³-hybridized carbons (Fsp3) is 0.500. The molecule has 0 heterocycles. The molecule has 1 aliphatic rings. The Labute approximate surface area is 129 Å². The number of aromatic hydroxyl groups is 1. The smallest absolute Gasteiger partial charge is 0.224 e. The molecule has 2 N–H and O–H groups in total. The SMILES string of the molecule is N#CCNC(=O)C1CCCCC1CSc1ccc(O)cc1. The highest BCUT2D eigenvalue weighted by molar-refractivity contribution is 7.99.